The molecular weight excluding hydrogens is 911 g/mol. The smallest absolute Gasteiger partial charge is 0.315 e. The van der Waals surface area contributed by atoms with Crippen LogP contribution in [0.25, 0.3) is 10.8 Å². The van der Waals surface area contributed by atoms with Crippen LogP contribution in [0.1, 0.15) is 96.0 Å². The van der Waals surface area contributed by atoms with Crippen molar-refractivity contribution in [3.8, 4) is 17.2 Å². The first-order chi connectivity index (χ1) is 33.8. The van der Waals surface area contributed by atoms with E-state index in [2.05, 4.69) is 33.9 Å². The van der Waals surface area contributed by atoms with Crippen molar-refractivity contribution in [2.45, 2.75) is 117 Å². The van der Waals surface area contributed by atoms with Gasteiger partial charge in [-0.1, -0.05) is 45.9 Å². The number of rotatable bonds is 6. The highest BCUT2D eigenvalue weighted by Gasteiger charge is 2.50. The van der Waals surface area contributed by atoms with Gasteiger partial charge in [0.25, 0.3) is 11.7 Å². The summed E-state index contributed by atoms with van der Waals surface area (Å²) in [5, 5.41) is 50.0. The number of aromatic nitrogens is 1. The number of fused-ring (bicyclic) bond motifs is 13. The number of phenols is 2. The predicted molar refractivity (Wildman–Crippen MR) is 264 cm³/mol. The van der Waals surface area contributed by atoms with E-state index in [0.29, 0.717) is 58.0 Å². The number of anilines is 2. The average molecular weight is 978 g/mol. The number of Topliss-reactive ketones (excluding diaryl/α,β-unsaturated/α-hetero) is 1. The number of allylic oxidation sites excluding steroid dienone is 3. The number of esters is 1. The summed E-state index contributed by atoms with van der Waals surface area (Å²) < 4.78 is 18.3. The summed E-state index contributed by atoms with van der Waals surface area (Å²) in [4.78, 5) is 76.1. The van der Waals surface area contributed by atoms with Crippen LogP contribution in [0.2, 0.25) is 0 Å². The molecule has 0 aliphatic carbocycles. The van der Waals surface area contributed by atoms with E-state index in [4.69, 9.17) is 24.2 Å². The molecule has 6 aliphatic heterocycles. The molecular formula is C53H67N7O11. The van der Waals surface area contributed by atoms with Gasteiger partial charge in [-0.2, -0.15) is 0 Å². The Morgan fingerprint density at radius 1 is 0.944 bits per heavy atom. The molecule has 2 aromatic carbocycles. The van der Waals surface area contributed by atoms with Gasteiger partial charge in [0.2, 0.25) is 5.91 Å². The number of hydrogen-bond donors (Lipinski definition) is 5. The van der Waals surface area contributed by atoms with Crippen LogP contribution >= 0.6 is 0 Å². The third-order valence-corrected chi connectivity index (χ3v) is 14.6. The van der Waals surface area contributed by atoms with Gasteiger partial charge in [0.15, 0.2) is 11.4 Å². The Balaban J connectivity index is 1.09. The monoisotopic (exact) mass is 977 g/mol. The molecule has 18 heteroatoms. The fourth-order valence-corrected chi connectivity index (χ4v) is 10.1. The molecule has 3 aromatic rings. The number of piperidine rings is 1. The van der Waals surface area contributed by atoms with E-state index >= 15 is 0 Å². The predicted octanol–water partition coefficient (Wildman–Crippen LogP) is 4.75. The second kappa shape index (κ2) is 20.8. The van der Waals surface area contributed by atoms with Crippen LogP contribution in [-0.4, -0.2) is 134 Å². The van der Waals surface area contributed by atoms with Crippen molar-refractivity contribution in [3.05, 3.63) is 82.5 Å². The van der Waals surface area contributed by atoms with Crippen molar-refractivity contribution in [3.63, 3.8) is 0 Å². The molecule has 5 N–H and O–H groups in total. The first kappa shape index (κ1) is 51.0. The number of nitrogens with zero attached hydrogens (tertiary/aromatic N) is 6. The van der Waals surface area contributed by atoms with Crippen LogP contribution in [-0.2, 0) is 23.9 Å². The van der Waals surface area contributed by atoms with E-state index in [9.17, 15) is 39.6 Å². The molecule has 5 bridgehead atoms. The molecule has 9 rings (SSSR count). The molecule has 6 aliphatic rings. The zero-order valence-corrected chi connectivity index (χ0v) is 41.7. The first-order valence-electron chi connectivity index (χ1n) is 24.8. The van der Waals surface area contributed by atoms with E-state index in [1.807, 2.05) is 12.1 Å². The van der Waals surface area contributed by atoms with Crippen LogP contribution in [0, 0.1) is 24.7 Å². The number of carbonyl (C=O) groups excluding carboxylic acids is 4. The molecule has 1 aromatic heterocycles. The van der Waals surface area contributed by atoms with Crippen molar-refractivity contribution in [2.75, 3.05) is 56.0 Å². The van der Waals surface area contributed by atoms with E-state index in [1.54, 1.807) is 69.3 Å². The number of ether oxygens (including phenoxy) is 3. The van der Waals surface area contributed by atoms with Crippen molar-refractivity contribution in [1.29, 1.82) is 0 Å². The lowest BCUT2D eigenvalue weighted by Crippen LogP contribution is -2.49. The van der Waals surface area contributed by atoms with Crippen LogP contribution in [0.15, 0.2) is 70.7 Å². The van der Waals surface area contributed by atoms with Gasteiger partial charge in [-0.15, -0.1) is 0 Å². The van der Waals surface area contributed by atoms with E-state index < -0.39 is 71.4 Å². The average Bonchev–Trinajstić information content (AvgIpc) is 3.84. The number of ketones is 1. The Morgan fingerprint density at radius 3 is 2.32 bits per heavy atom. The lowest BCUT2D eigenvalue weighted by Gasteiger charge is -2.36. The molecule has 380 valence electrons. The van der Waals surface area contributed by atoms with Gasteiger partial charge >= 0.3 is 11.8 Å². The second-order valence-corrected chi connectivity index (χ2v) is 20.2. The molecule has 18 nitrogen and oxygen atoms in total. The Bertz CT molecular complexity index is 2780. The second-order valence-electron chi connectivity index (χ2n) is 20.2. The van der Waals surface area contributed by atoms with Crippen LogP contribution in [0.5, 0.6) is 17.2 Å². The minimum Gasteiger partial charge on any atom is -0.507 e. The molecule has 2 fully saturated rings. The number of phenolic OH excluding ortho intramolecular Hbond substituents is 2. The quantitative estimate of drug-likeness (QED) is 0.128. The van der Waals surface area contributed by atoms with Gasteiger partial charge in [-0.3, -0.25) is 34.1 Å². The number of carbonyl (C=O) groups is 4. The van der Waals surface area contributed by atoms with Crippen LogP contribution < -0.4 is 25.7 Å². The van der Waals surface area contributed by atoms with Crippen molar-refractivity contribution >= 4 is 45.7 Å². The summed E-state index contributed by atoms with van der Waals surface area (Å²) in [5.74, 6) is -5.79. The fourth-order valence-electron chi connectivity index (χ4n) is 10.1. The maximum atomic E-state index is 14.8. The van der Waals surface area contributed by atoms with Crippen molar-refractivity contribution in [1.82, 2.24) is 14.8 Å². The zero-order valence-electron chi connectivity index (χ0n) is 41.7. The molecule has 6 atom stereocenters. The van der Waals surface area contributed by atoms with Gasteiger partial charge in [0.1, 0.15) is 35.1 Å². The summed E-state index contributed by atoms with van der Waals surface area (Å²) in [7, 11) is 0. The largest absolute Gasteiger partial charge is 0.507 e. The Kier molecular flexibility index (Phi) is 14.9. The number of amides is 2. The van der Waals surface area contributed by atoms with Gasteiger partial charge < -0.3 is 54.7 Å². The molecule has 2 saturated heterocycles. The number of piperazine rings is 1. The number of nitrogens with one attached hydrogen (secondary N) is 1. The van der Waals surface area contributed by atoms with Crippen LogP contribution in [0.3, 0.4) is 0 Å². The molecule has 2 unspecified atom stereocenters. The van der Waals surface area contributed by atoms with Crippen LogP contribution in [0.4, 0.5) is 11.4 Å². The summed E-state index contributed by atoms with van der Waals surface area (Å²) in [6.07, 6.45) is 9.09. The molecule has 0 radical (unpaired) electrons. The van der Waals surface area contributed by atoms with Gasteiger partial charge in [-0.25, -0.2) is 0 Å². The summed E-state index contributed by atoms with van der Waals surface area (Å²) in [6.45, 7) is 16.7. The summed E-state index contributed by atoms with van der Waals surface area (Å²) in [5.41, 5.74) is 0.403. The normalized spacial score (nSPS) is 27.8. The lowest BCUT2D eigenvalue weighted by molar-refractivity contribution is -0.158. The minimum atomic E-state index is -1.94. The van der Waals surface area contributed by atoms with Crippen molar-refractivity contribution < 1.29 is 53.8 Å². The van der Waals surface area contributed by atoms with E-state index in [-0.39, 0.29) is 80.5 Å². The highest BCUT2D eigenvalue weighted by molar-refractivity contribution is 6.19. The summed E-state index contributed by atoms with van der Waals surface area (Å²) in [6, 6.07) is 3.81. The Hall–Kier alpha value is -6.37. The molecule has 71 heavy (non-hydrogen) atoms. The first-order valence-corrected chi connectivity index (χ1v) is 24.8. The molecule has 7 heterocycles. The number of likely N-dealkylation sites (tertiary alicyclic amines) is 1. The molecule has 0 saturated carbocycles. The number of aromatic hydroxyl groups is 2. The Labute approximate surface area is 413 Å². The van der Waals surface area contributed by atoms with Gasteiger partial charge in [0.05, 0.1) is 34.8 Å². The number of pyridine rings is 1. The van der Waals surface area contributed by atoms with Gasteiger partial charge in [-0.05, 0) is 50.8 Å². The summed E-state index contributed by atoms with van der Waals surface area (Å²) >= 11 is 0. The standard InChI is InChI=1S/C53H67N7O11/c1-30(2)29-58-20-16-53(17-21-58)56-44-41-42-47(65)34(6)49-43(41)50(67)52(7,71-49)69-26-9-8-13-38(70-40(64)28-39(63)60-24-22-59(23-25-60)35-14-18-54-19-15-35)33(5)37(62)27-36(61)31(3)11-10-12-32(4)51(68)55-46(48(42)66)45(44)57-53/h9-12,14-15,18-19,26,30-31,33,36-38,61-62,65-66H,8,13,16-17,20-25,27-29H2,1-7H3,(H,55,68)/b11-10+,26-9+,32-12-/t31?,33-,36-,37?,38-,52+/m1/s1. The number of aliphatic hydroxyl groups excluding tert-OH is 2. The molecule has 2 amide bonds. The third-order valence-electron chi connectivity index (χ3n) is 14.6. The highest BCUT2D eigenvalue weighted by atomic mass is 16.7. The number of aliphatic hydroxyl groups is 2. The van der Waals surface area contributed by atoms with E-state index in [1.165, 1.54) is 13.2 Å². The van der Waals surface area contributed by atoms with E-state index in [0.717, 1.165) is 12.2 Å². The lowest BCUT2D eigenvalue weighted by atomic mass is 9.88. The topological polar surface area (TPSA) is 236 Å². The highest BCUT2D eigenvalue weighted by Crippen LogP contribution is 2.50. The zero-order chi connectivity index (χ0) is 50.9. The van der Waals surface area contributed by atoms with Gasteiger partial charge in [0, 0.05) is 118 Å². The Morgan fingerprint density at radius 2 is 1.63 bits per heavy atom. The fraction of sp³-hybridized carbons (Fsp3) is 0.528. The number of hydrogen-bond acceptors (Lipinski definition) is 16. The maximum absolute atomic E-state index is 14.8. The minimum absolute atomic E-state index is 0.0378. The van der Waals surface area contributed by atoms with Crippen molar-refractivity contribution in [2.24, 2.45) is 27.7 Å². The third kappa shape index (κ3) is 10.5. The SMILES string of the molecule is C/C1=C/C=C/C(C)[C@H](O)CC(O)[C@@H](C)[C@H](OC(=O)CC(=O)N2CCN(c3ccncc3)CC2)CC/C=C/O[C@@]2(C)Oc3c(C)c(O)c4c(O)c(c5c(c4c3C2=O)=NC2(CCN(CC(C)C)CC2)N=5)NC1=O. The maximum Gasteiger partial charge on any atom is 0.315 e. The number of benzene rings is 2. The molecule has 1 spiro atoms.